The highest BCUT2D eigenvalue weighted by molar-refractivity contribution is 7.99. The number of rotatable bonds is 10. The summed E-state index contributed by atoms with van der Waals surface area (Å²) in [7, 11) is 6.60. The van der Waals surface area contributed by atoms with Crippen LogP contribution < -0.4 is 4.74 Å². The third kappa shape index (κ3) is 6.82. The highest BCUT2D eigenvalue weighted by Crippen LogP contribution is 2.35. The van der Waals surface area contributed by atoms with Gasteiger partial charge in [0.05, 0.1) is 19.8 Å². The molecule has 0 N–H and O–H groups in total. The standard InChI is InChI=1S/C23H29NO4S/c1-24(2)22(25)14-15-29-21(18-9-7-10-19(16-18)27-3)13-12-17-8-5-6-11-20(17)23(26)28-4/h5-11,16,21H,12-15H2,1-4H3. The molecule has 0 aliphatic rings. The molecule has 29 heavy (non-hydrogen) atoms. The van der Waals surface area contributed by atoms with Crippen LogP contribution in [0.4, 0.5) is 0 Å². The first-order valence-electron chi connectivity index (χ1n) is 9.58. The van der Waals surface area contributed by atoms with Crippen molar-refractivity contribution in [1.82, 2.24) is 4.90 Å². The molecule has 1 amide bonds. The van der Waals surface area contributed by atoms with E-state index in [1.807, 2.05) is 36.4 Å². The van der Waals surface area contributed by atoms with E-state index in [9.17, 15) is 9.59 Å². The summed E-state index contributed by atoms with van der Waals surface area (Å²) in [5.41, 5.74) is 2.73. The van der Waals surface area contributed by atoms with Gasteiger partial charge in [-0.05, 0) is 42.2 Å². The normalized spacial score (nSPS) is 11.6. The largest absolute Gasteiger partial charge is 0.497 e. The highest BCUT2D eigenvalue weighted by atomic mass is 32.2. The van der Waals surface area contributed by atoms with Gasteiger partial charge in [0.1, 0.15) is 5.75 Å². The molecular weight excluding hydrogens is 386 g/mol. The maximum atomic E-state index is 12.1. The summed E-state index contributed by atoms with van der Waals surface area (Å²) in [6, 6.07) is 15.6. The summed E-state index contributed by atoms with van der Waals surface area (Å²) >= 11 is 1.76. The van der Waals surface area contributed by atoms with E-state index in [0.717, 1.165) is 35.5 Å². The molecule has 156 valence electrons. The molecule has 0 aromatic heterocycles. The molecule has 2 aromatic carbocycles. The number of hydrogen-bond donors (Lipinski definition) is 0. The summed E-state index contributed by atoms with van der Waals surface area (Å²) in [4.78, 5) is 25.6. The van der Waals surface area contributed by atoms with Crippen molar-refractivity contribution >= 4 is 23.6 Å². The SMILES string of the molecule is COC(=O)c1ccccc1CCC(SCCC(=O)N(C)C)c1cccc(OC)c1. The van der Waals surface area contributed by atoms with Gasteiger partial charge >= 0.3 is 5.97 Å². The van der Waals surface area contributed by atoms with E-state index in [1.54, 1.807) is 43.9 Å². The maximum Gasteiger partial charge on any atom is 0.338 e. The topological polar surface area (TPSA) is 55.8 Å². The average Bonchev–Trinajstić information content (AvgIpc) is 2.75. The second-order valence-corrected chi connectivity index (χ2v) is 8.17. The quantitative estimate of drug-likeness (QED) is 0.540. The van der Waals surface area contributed by atoms with Gasteiger partial charge in [0, 0.05) is 31.5 Å². The third-order valence-corrected chi connectivity index (χ3v) is 6.05. The fraction of sp³-hybridized carbons (Fsp3) is 0.391. The van der Waals surface area contributed by atoms with Gasteiger partial charge in [-0.25, -0.2) is 4.79 Å². The van der Waals surface area contributed by atoms with Crippen LogP contribution in [0, 0.1) is 0 Å². The number of methoxy groups -OCH3 is 2. The van der Waals surface area contributed by atoms with Crippen molar-refractivity contribution in [3.8, 4) is 5.75 Å². The van der Waals surface area contributed by atoms with Crippen LogP contribution >= 0.6 is 11.8 Å². The molecule has 0 radical (unpaired) electrons. The van der Waals surface area contributed by atoms with Crippen LogP contribution in [0.5, 0.6) is 5.75 Å². The number of thioether (sulfide) groups is 1. The molecule has 1 atom stereocenters. The Bertz CT molecular complexity index is 822. The van der Waals surface area contributed by atoms with Crippen LogP contribution in [0.3, 0.4) is 0 Å². The van der Waals surface area contributed by atoms with E-state index >= 15 is 0 Å². The fourth-order valence-electron chi connectivity index (χ4n) is 3.03. The Kier molecular flexibility index (Phi) is 9.06. The fourth-order valence-corrected chi connectivity index (χ4v) is 4.23. The van der Waals surface area contributed by atoms with Crippen LogP contribution in [0.1, 0.15) is 39.6 Å². The van der Waals surface area contributed by atoms with Crippen molar-refractivity contribution in [2.75, 3.05) is 34.1 Å². The van der Waals surface area contributed by atoms with Gasteiger partial charge in [0.25, 0.3) is 0 Å². The van der Waals surface area contributed by atoms with E-state index in [4.69, 9.17) is 9.47 Å². The Balaban J connectivity index is 2.15. The minimum Gasteiger partial charge on any atom is -0.497 e. The Morgan fingerprint density at radius 1 is 1.07 bits per heavy atom. The van der Waals surface area contributed by atoms with Crippen molar-refractivity contribution in [3.63, 3.8) is 0 Å². The molecule has 5 nitrogen and oxygen atoms in total. The van der Waals surface area contributed by atoms with Crippen molar-refractivity contribution < 1.29 is 19.1 Å². The van der Waals surface area contributed by atoms with Gasteiger partial charge in [-0.3, -0.25) is 4.79 Å². The molecule has 6 heteroatoms. The molecular formula is C23H29NO4S. The number of aryl methyl sites for hydroxylation is 1. The molecule has 0 spiro atoms. The van der Waals surface area contributed by atoms with E-state index < -0.39 is 0 Å². The van der Waals surface area contributed by atoms with Crippen LogP contribution in [0.15, 0.2) is 48.5 Å². The average molecular weight is 416 g/mol. The molecule has 2 aromatic rings. The molecule has 0 heterocycles. The molecule has 0 aliphatic heterocycles. The number of esters is 1. The Morgan fingerprint density at radius 2 is 1.83 bits per heavy atom. The molecule has 0 fully saturated rings. The molecule has 0 saturated heterocycles. The lowest BCUT2D eigenvalue weighted by Gasteiger charge is -2.19. The first-order valence-corrected chi connectivity index (χ1v) is 10.6. The summed E-state index contributed by atoms with van der Waals surface area (Å²) < 4.78 is 10.3. The molecule has 0 aliphatic carbocycles. The first-order chi connectivity index (χ1) is 14.0. The van der Waals surface area contributed by atoms with Crippen LogP contribution in [0.25, 0.3) is 0 Å². The predicted molar refractivity (Wildman–Crippen MR) is 118 cm³/mol. The number of carbonyl (C=O) groups is 2. The number of benzene rings is 2. The molecule has 2 rings (SSSR count). The summed E-state index contributed by atoms with van der Waals surface area (Å²) in [5, 5.41) is 0.186. The van der Waals surface area contributed by atoms with Crippen molar-refractivity contribution in [2.45, 2.75) is 24.5 Å². The lowest BCUT2D eigenvalue weighted by molar-refractivity contribution is -0.128. The van der Waals surface area contributed by atoms with Crippen LogP contribution in [-0.4, -0.2) is 50.8 Å². The second kappa shape index (κ2) is 11.5. The number of ether oxygens (including phenoxy) is 2. The third-order valence-electron chi connectivity index (χ3n) is 4.70. The van der Waals surface area contributed by atoms with Gasteiger partial charge in [0.15, 0.2) is 0 Å². The zero-order chi connectivity index (χ0) is 21.2. The second-order valence-electron chi connectivity index (χ2n) is 6.86. The minimum absolute atomic E-state index is 0.123. The van der Waals surface area contributed by atoms with E-state index in [-0.39, 0.29) is 17.1 Å². The molecule has 0 bridgehead atoms. The number of nitrogens with zero attached hydrogens (tertiary/aromatic N) is 1. The number of carbonyl (C=O) groups excluding carboxylic acids is 2. The highest BCUT2D eigenvalue weighted by Gasteiger charge is 2.17. The van der Waals surface area contributed by atoms with E-state index in [0.29, 0.717) is 12.0 Å². The Hall–Kier alpha value is -2.47. The first kappa shape index (κ1) is 22.8. The van der Waals surface area contributed by atoms with Crippen molar-refractivity contribution in [1.29, 1.82) is 0 Å². The van der Waals surface area contributed by atoms with Gasteiger partial charge < -0.3 is 14.4 Å². The maximum absolute atomic E-state index is 12.1. The van der Waals surface area contributed by atoms with Gasteiger partial charge in [0.2, 0.25) is 5.91 Å². The zero-order valence-corrected chi connectivity index (χ0v) is 18.3. The summed E-state index contributed by atoms with van der Waals surface area (Å²) in [5.74, 6) is 1.35. The number of hydrogen-bond acceptors (Lipinski definition) is 5. The van der Waals surface area contributed by atoms with E-state index in [1.165, 1.54) is 7.11 Å². The summed E-state index contributed by atoms with van der Waals surface area (Å²) in [6.45, 7) is 0. The number of amides is 1. The van der Waals surface area contributed by atoms with Gasteiger partial charge in [-0.2, -0.15) is 11.8 Å². The van der Waals surface area contributed by atoms with E-state index in [2.05, 4.69) is 6.07 Å². The van der Waals surface area contributed by atoms with Crippen LogP contribution in [-0.2, 0) is 16.0 Å². The smallest absolute Gasteiger partial charge is 0.338 e. The predicted octanol–water partition coefficient (Wildman–Crippen LogP) is 4.37. The summed E-state index contributed by atoms with van der Waals surface area (Å²) in [6.07, 6.45) is 2.07. The molecule has 1 unspecified atom stereocenters. The molecule has 0 saturated carbocycles. The van der Waals surface area contributed by atoms with Gasteiger partial charge in [-0.1, -0.05) is 30.3 Å². The van der Waals surface area contributed by atoms with Crippen molar-refractivity contribution in [3.05, 3.63) is 65.2 Å². The van der Waals surface area contributed by atoms with Crippen LogP contribution in [0.2, 0.25) is 0 Å². The monoisotopic (exact) mass is 415 g/mol. The van der Waals surface area contributed by atoms with Gasteiger partial charge in [-0.15, -0.1) is 0 Å². The minimum atomic E-state index is -0.317. The Labute approximate surface area is 177 Å². The lowest BCUT2D eigenvalue weighted by atomic mass is 9.99. The Morgan fingerprint density at radius 3 is 2.52 bits per heavy atom. The lowest BCUT2D eigenvalue weighted by Crippen LogP contribution is -2.22. The van der Waals surface area contributed by atoms with Crippen molar-refractivity contribution in [2.24, 2.45) is 0 Å². The zero-order valence-electron chi connectivity index (χ0n) is 17.5.